The molecule has 2 heterocycles. The molecule has 0 saturated heterocycles. The molecule has 0 radical (unpaired) electrons. The van der Waals surface area contributed by atoms with E-state index in [2.05, 4.69) is 9.97 Å². The number of nitrogens with one attached hydrogen (secondary N) is 1. The average Bonchev–Trinajstić information content (AvgIpc) is 3.12. The van der Waals surface area contributed by atoms with Gasteiger partial charge in [0.1, 0.15) is 17.2 Å². The van der Waals surface area contributed by atoms with Gasteiger partial charge >= 0.3 is 5.97 Å². The number of carboxylic acid groups (broad SMARTS) is 1. The highest BCUT2D eigenvalue weighted by molar-refractivity contribution is 5.89. The molecule has 2 aromatic heterocycles. The van der Waals surface area contributed by atoms with E-state index in [4.69, 9.17) is 5.26 Å². The fraction of sp³-hybridized carbons (Fsp3) is 0.0909. The molecule has 0 spiro atoms. The van der Waals surface area contributed by atoms with Crippen LogP contribution in [0.25, 0.3) is 28.3 Å². The molecule has 4 aromatic rings. The predicted octanol–water partition coefficient (Wildman–Crippen LogP) is 3.77. The number of carboxylic acids is 1. The van der Waals surface area contributed by atoms with E-state index in [1.807, 2.05) is 6.07 Å². The van der Waals surface area contributed by atoms with Crippen LogP contribution in [0.4, 0.5) is 8.78 Å². The normalized spacial score (nSPS) is 10.9. The second kappa shape index (κ2) is 7.50. The average molecular weight is 420 g/mol. The Morgan fingerprint density at radius 3 is 2.52 bits per heavy atom. The molecule has 0 saturated carbocycles. The third-order valence-corrected chi connectivity index (χ3v) is 4.90. The summed E-state index contributed by atoms with van der Waals surface area (Å²) in [5, 5.41) is 18.6. The van der Waals surface area contributed by atoms with Crippen LogP contribution in [-0.2, 0) is 6.42 Å². The van der Waals surface area contributed by atoms with E-state index < -0.39 is 28.7 Å². The molecule has 4 rings (SSSR count). The molecule has 0 aliphatic heterocycles. The van der Waals surface area contributed by atoms with E-state index in [0.717, 1.165) is 16.5 Å². The van der Waals surface area contributed by atoms with E-state index in [1.54, 1.807) is 19.1 Å². The van der Waals surface area contributed by atoms with Crippen molar-refractivity contribution in [1.29, 1.82) is 5.26 Å². The zero-order chi connectivity index (χ0) is 22.3. The molecular weight excluding hydrogens is 406 g/mol. The second-order valence-corrected chi connectivity index (χ2v) is 6.72. The Hall–Kier alpha value is -4.32. The van der Waals surface area contributed by atoms with Crippen molar-refractivity contribution in [2.24, 2.45) is 0 Å². The summed E-state index contributed by atoms with van der Waals surface area (Å²) >= 11 is 0. The minimum Gasteiger partial charge on any atom is -0.477 e. The van der Waals surface area contributed by atoms with Crippen LogP contribution < -0.4 is 5.56 Å². The lowest BCUT2D eigenvalue weighted by Crippen LogP contribution is -2.26. The van der Waals surface area contributed by atoms with Gasteiger partial charge in [-0.05, 0) is 30.7 Å². The Morgan fingerprint density at radius 1 is 1.23 bits per heavy atom. The highest BCUT2D eigenvalue weighted by Crippen LogP contribution is 2.33. The number of nitriles is 1. The van der Waals surface area contributed by atoms with E-state index >= 15 is 0 Å². The van der Waals surface area contributed by atoms with E-state index in [0.29, 0.717) is 17.2 Å². The molecule has 0 bridgehead atoms. The first-order valence-electron chi connectivity index (χ1n) is 9.22. The summed E-state index contributed by atoms with van der Waals surface area (Å²) in [4.78, 5) is 32.2. The lowest BCUT2D eigenvalue weighted by Gasteiger charge is -2.09. The van der Waals surface area contributed by atoms with E-state index in [-0.39, 0.29) is 34.8 Å². The third-order valence-electron chi connectivity index (χ3n) is 4.90. The largest absolute Gasteiger partial charge is 0.477 e. The van der Waals surface area contributed by atoms with Crippen LogP contribution in [0, 0.1) is 23.0 Å². The number of hydrogen-bond acceptors (Lipinski definition) is 4. The Labute approximate surface area is 173 Å². The maximum absolute atomic E-state index is 14.7. The van der Waals surface area contributed by atoms with Crippen molar-refractivity contribution in [2.75, 3.05) is 0 Å². The van der Waals surface area contributed by atoms with Crippen molar-refractivity contribution in [2.45, 2.75) is 13.3 Å². The van der Waals surface area contributed by atoms with E-state index in [9.17, 15) is 23.5 Å². The van der Waals surface area contributed by atoms with Crippen molar-refractivity contribution in [3.05, 3.63) is 81.3 Å². The third kappa shape index (κ3) is 3.24. The fourth-order valence-electron chi connectivity index (χ4n) is 3.46. The summed E-state index contributed by atoms with van der Waals surface area (Å²) in [7, 11) is 0. The molecule has 0 unspecified atom stereocenters. The van der Waals surface area contributed by atoms with Gasteiger partial charge in [-0.3, -0.25) is 4.79 Å². The number of aromatic nitrogens is 3. The Bertz CT molecular complexity index is 1450. The summed E-state index contributed by atoms with van der Waals surface area (Å²) in [6.45, 7) is 1.68. The van der Waals surface area contributed by atoms with Crippen molar-refractivity contribution < 1.29 is 18.7 Å². The van der Waals surface area contributed by atoms with Crippen LogP contribution in [-0.4, -0.2) is 25.4 Å². The van der Waals surface area contributed by atoms with Crippen molar-refractivity contribution in [3.8, 4) is 28.6 Å². The maximum Gasteiger partial charge on any atom is 0.343 e. The topological polar surface area (TPSA) is 111 Å². The summed E-state index contributed by atoms with van der Waals surface area (Å²) < 4.78 is 29.2. The number of hydrogen-bond donors (Lipinski definition) is 2. The molecule has 7 nitrogen and oxygen atoms in total. The van der Waals surface area contributed by atoms with Gasteiger partial charge in [0, 0.05) is 22.9 Å². The zero-order valence-electron chi connectivity index (χ0n) is 16.1. The lowest BCUT2D eigenvalue weighted by molar-refractivity contribution is 0.0693. The molecule has 31 heavy (non-hydrogen) atoms. The standard InChI is InChI=1S/C22H14F2N4O3/c1-2-16-17(21(30)31)20(29)28-19(14-8-7-13(23)9-15(14)24)18(27-22(28)26-16)12-5-3-11(10-25)4-6-12/h3-9H,2H2,1H3,(H,26,27)(H,30,31). The molecule has 0 fully saturated rings. The van der Waals surface area contributed by atoms with Gasteiger partial charge in [-0.25, -0.2) is 23.0 Å². The number of aryl methyl sites for hydroxylation is 1. The van der Waals surface area contributed by atoms with Gasteiger partial charge in [0.05, 0.1) is 23.0 Å². The van der Waals surface area contributed by atoms with Crippen molar-refractivity contribution >= 4 is 11.7 Å². The smallest absolute Gasteiger partial charge is 0.343 e. The van der Waals surface area contributed by atoms with Gasteiger partial charge in [-0.1, -0.05) is 19.1 Å². The number of rotatable bonds is 4. The van der Waals surface area contributed by atoms with Gasteiger partial charge in [0.2, 0.25) is 5.78 Å². The van der Waals surface area contributed by atoms with Crippen LogP contribution in [0.2, 0.25) is 0 Å². The molecule has 2 aromatic carbocycles. The molecule has 0 aliphatic rings. The predicted molar refractivity (Wildman–Crippen MR) is 108 cm³/mol. The molecule has 0 amide bonds. The van der Waals surface area contributed by atoms with E-state index in [1.165, 1.54) is 12.1 Å². The minimum atomic E-state index is -1.43. The van der Waals surface area contributed by atoms with Gasteiger partial charge < -0.3 is 10.1 Å². The maximum atomic E-state index is 14.7. The number of aromatic carboxylic acids is 1. The molecule has 154 valence electrons. The molecule has 0 aliphatic carbocycles. The van der Waals surface area contributed by atoms with Crippen molar-refractivity contribution in [3.63, 3.8) is 0 Å². The Morgan fingerprint density at radius 2 is 1.94 bits per heavy atom. The van der Waals surface area contributed by atoms with Gasteiger partial charge in [-0.15, -0.1) is 0 Å². The monoisotopic (exact) mass is 420 g/mol. The Balaban J connectivity index is 2.16. The SMILES string of the molecule is CCc1[nH]c2nc(-c3ccc(C#N)cc3)c(-c3ccc(F)cc3F)n2c(=O)c1C(=O)O. The quantitative estimate of drug-likeness (QED) is 0.522. The van der Waals surface area contributed by atoms with Gasteiger partial charge in [0.15, 0.2) is 0 Å². The molecule has 9 heteroatoms. The van der Waals surface area contributed by atoms with Gasteiger partial charge in [0.25, 0.3) is 5.56 Å². The summed E-state index contributed by atoms with van der Waals surface area (Å²) in [5.41, 5.74) is -0.321. The first-order chi connectivity index (χ1) is 14.8. The van der Waals surface area contributed by atoms with Crippen molar-refractivity contribution in [1.82, 2.24) is 14.4 Å². The second-order valence-electron chi connectivity index (χ2n) is 6.72. The van der Waals surface area contributed by atoms with Crippen LogP contribution in [0.5, 0.6) is 0 Å². The zero-order valence-corrected chi connectivity index (χ0v) is 16.1. The molecule has 2 N–H and O–H groups in total. The van der Waals surface area contributed by atoms with Crippen LogP contribution in [0.1, 0.15) is 28.5 Å². The number of carbonyl (C=O) groups is 1. The molecule has 0 atom stereocenters. The number of H-pyrrole nitrogens is 1. The minimum absolute atomic E-state index is 0.0185. The number of halogens is 2. The van der Waals surface area contributed by atoms with Crippen LogP contribution in [0.3, 0.4) is 0 Å². The van der Waals surface area contributed by atoms with Crippen LogP contribution in [0.15, 0.2) is 47.3 Å². The molecular formula is C22H14F2N4O3. The lowest BCUT2D eigenvalue weighted by atomic mass is 10.0. The fourth-order valence-corrected chi connectivity index (χ4v) is 3.46. The number of benzene rings is 2. The number of aromatic amines is 1. The first-order valence-corrected chi connectivity index (χ1v) is 9.22. The van der Waals surface area contributed by atoms with Crippen LogP contribution >= 0.6 is 0 Å². The Kier molecular flexibility index (Phi) is 4.83. The number of imidazole rings is 1. The van der Waals surface area contributed by atoms with Gasteiger partial charge in [-0.2, -0.15) is 5.26 Å². The first kappa shape index (κ1) is 20.0. The summed E-state index contributed by atoms with van der Waals surface area (Å²) in [6, 6.07) is 11.1. The summed E-state index contributed by atoms with van der Waals surface area (Å²) in [5.74, 6) is -3.15. The summed E-state index contributed by atoms with van der Waals surface area (Å²) in [6.07, 6.45) is 0.229. The number of fused-ring (bicyclic) bond motifs is 1. The number of nitrogens with zero attached hydrogens (tertiary/aromatic N) is 3. The highest BCUT2D eigenvalue weighted by Gasteiger charge is 2.25. The highest BCUT2D eigenvalue weighted by atomic mass is 19.1.